The second-order valence-corrected chi connectivity index (χ2v) is 4.19. The Kier molecular flexibility index (Phi) is 3.72. The van der Waals surface area contributed by atoms with E-state index in [1.165, 1.54) is 18.2 Å². The van der Waals surface area contributed by atoms with E-state index in [4.69, 9.17) is 0 Å². The van der Waals surface area contributed by atoms with Gasteiger partial charge in [-0.15, -0.1) is 0 Å². The summed E-state index contributed by atoms with van der Waals surface area (Å²) >= 11 is 0. The number of nitrogens with one attached hydrogen (secondary N) is 1. The summed E-state index contributed by atoms with van der Waals surface area (Å²) in [6.45, 7) is 0. The fourth-order valence-corrected chi connectivity index (χ4v) is 1.94. The SMILES string of the molecule is CNC(Cc1c(F)cccc1F)c1cnn(C)c1. The molecule has 0 radical (unpaired) electrons. The molecule has 3 nitrogen and oxygen atoms in total. The highest BCUT2D eigenvalue weighted by Gasteiger charge is 2.17. The molecular weight excluding hydrogens is 236 g/mol. The predicted octanol–water partition coefficient (Wildman–Crippen LogP) is 2.20. The summed E-state index contributed by atoms with van der Waals surface area (Å²) in [7, 11) is 3.57. The third kappa shape index (κ3) is 2.56. The van der Waals surface area contributed by atoms with Crippen molar-refractivity contribution in [3.8, 4) is 0 Å². The maximum absolute atomic E-state index is 13.6. The first kappa shape index (κ1) is 12.7. The first-order valence-corrected chi connectivity index (χ1v) is 5.70. The number of rotatable bonds is 4. The van der Waals surface area contributed by atoms with Crippen LogP contribution in [0.1, 0.15) is 17.2 Å². The van der Waals surface area contributed by atoms with Gasteiger partial charge in [-0.2, -0.15) is 5.10 Å². The van der Waals surface area contributed by atoms with Crippen LogP contribution in [0.5, 0.6) is 0 Å². The van der Waals surface area contributed by atoms with Crippen LogP contribution in [-0.2, 0) is 13.5 Å². The average molecular weight is 251 g/mol. The first-order chi connectivity index (χ1) is 8.61. The maximum Gasteiger partial charge on any atom is 0.129 e. The van der Waals surface area contributed by atoms with Crippen LogP contribution in [0, 0.1) is 11.6 Å². The van der Waals surface area contributed by atoms with Gasteiger partial charge in [0.05, 0.1) is 6.20 Å². The Hall–Kier alpha value is -1.75. The van der Waals surface area contributed by atoms with Gasteiger partial charge in [0.2, 0.25) is 0 Å². The molecule has 1 N–H and O–H groups in total. The van der Waals surface area contributed by atoms with Gasteiger partial charge in [-0.3, -0.25) is 4.68 Å². The van der Waals surface area contributed by atoms with Gasteiger partial charge in [0.15, 0.2) is 0 Å². The Morgan fingerprint density at radius 3 is 2.50 bits per heavy atom. The van der Waals surface area contributed by atoms with Crippen LogP contribution < -0.4 is 5.32 Å². The number of likely N-dealkylation sites (N-methyl/N-ethyl adjacent to an activating group) is 1. The van der Waals surface area contributed by atoms with Crippen LogP contribution in [0.2, 0.25) is 0 Å². The molecule has 0 bridgehead atoms. The molecule has 0 aliphatic rings. The Morgan fingerprint density at radius 2 is 2.00 bits per heavy atom. The number of aromatic nitrogens is 2. The van der Waals surface area contributed by atoms with E-state index in [9.17, 15) is 8.78 Å². The van der Waals surface area contributed by atoms with Gasteiger partial charge in [0.25, 0.3) is 0 Å². The van der Waals surface area contributed by atoms with Gasteiger partial charge in [-0.05, 0) is 25.6 Å². The van der Waals surface area contributed by atoms with E-state index in [0.717, 1.165) is 5.56 Å². The summed E-state index contributed by atoms with van der Waals surface area (Å²) in [6.07, 6.45) is 3.78. The van der Waals surface area contributed by atoms with Crippen molar-refractivity contribution >= 4 is 0 Å². The number of aryl methyl sites for hydroxylation is 1. The van der Waals surface area contributed by atoms with E-state index < -0.39 is 11.6 Å². The minimum absolute atomic E-state index is 0.0979. The normalized spacial score (nSPS) is 12.7. The summed E-state index contributed by atoms with van der Waals surface area (Å²) in [4.78, 5) is 0. The molecule has 0 spiro atoms. The number of nitrogens with zero attached hydrogens (tertiary/aromatic N) is 2. The molecule has 2 aromatic rings. The maximum atomic E-state index is 13.6. The lowest BCUT2D eigenvalue weighted by molar-refractivity contribution is 0.515. The monoisotopic (exact) mass is 251 g/mol. The van der Waals surface area contributed by atoms with E-state index in [-0.39, 0.29) is 18.0 Å². The van der Waals surface area contributed by atoms with Crippen LogP contribution in [0.25, 0.3) is 0 Å². The van der Waals surface area contributed by atoms with Crippen molar-refractivity contribution in [2.75, 3.05) is 7.05 Å². The van der Waals surface area contributed by atoms with Gasteiger partial charge < -0.3 is 5.32 Å². The van der Waals surface area contributed by atoms with Crippen molar-refractivity contribution in [3.63, 3.8) is 0 Å². The minimum Gasteiger partial charge on any atom is -0.313 e. The summed E-state index contributed by atoms with van der Waals surface area (Å²) in [5.74, 6) is -1.03. The lowest BCUT2D eigenvalue weighted by atomic mass is 10.0. The number of hydrogen-bond acceptors (Lipinski definition) is 2. The molecule has 0 aliphatic carbocycles. The quantitative estimate of drug-likeness (QED) is 0.902. The average Bonchev–Trinajstić information content (AvgIpc) is 2.76. The molecule has 1 aromatic heterocycles. The highest BCUT2D eigenvalue weighted by atomic mass is 19.1. The Morgan fingerprint density at radius 1 is 1.33 bits per heavy atom. The van der Waals surface area contributed by atoms with E-state index >= 15 is 0 Å². The summed E-state index contributed by atoms with van der Waals surface area (Å²) < 4.78 is 28.8. The Bertz CT molecular complexity index is 517. The molecule has 2 rings (SSSR count). The third-order valence-electron chi connectivity index (χ3n) is 2.95. The molecule has 0 saturated heterocycles. The van der Waals surface area contributed by atoms with E-state index in [2.05, 4.69) is 10.4 Å². The van der Waals surface area contributed by atoms with Crippen molar-refractivity contribution in [1.82, 2.24) is 15.1 Å². The first-order valence-electron chi connectivity index (χ1n) is 5.70. The fourth-order valence-electron chi connectivity index (χ4n) is 1.94. The molecule has 0 aliphatic heterocycles. The van der Waals surface area contributed by atoms with E-state index in [1.807, 2.05) is 6.20 Å². The molecule has 0 fully saturated rings. The second-order valence-electron chi connectivity index (χ2n) is 4.19. The molecule has 1 heterocycles. The molecule has 96 valence electrons. The van der Waals surface area contributed by atoms with Crippen molar-refractivity contribution in [2.45, 2.75) is 12.5 Å². The molecule has 0 saturated carbocycles. The topological polar surface area (TPSA) is 29.9 Å². The minimum atomic E-state index is -0.515. The summed E-state index contributed by atoms with van der Waals surface area (Å²) in [5.41, 5.74) is 1.00. The fraction of sp³-hybridized carbons (Fsp3) is 0.308. The zero-order valence-electron chi connectivity index (χ0n) is 10.3. The second kappa shape index (κ2) is 5.27. The number of halogens is 2. The zero-order chi connectivity index (χ0) is 13.1. The highest BCUT2D eigenvalue weighted by Crippen LogP contribution is 2.21. The van der Waals surface area contributed by atoms with E-state index in [1.54, 1.807) is 25.0 Å². The van der Waals surface area contributed by atoms with Crippen molar-refractivity contribution in [3.05, 3.63) is 53.4 Å². The van der Waals surface area contributed by atoms with Crippen molar-refractivity contribution in [1.29, 1.82) is 0 Å². The molecule has 1 unspecified atom stereocenters. The largest absolute Gasteiger partial charge is 0.313 e. The van der Waals surface area contributed by atoms with Gasteiger partial charge in [-0.25, -0.2) is 8.78 Å². The van der Waals surface area contributed by atoms with Crippen LogP contribution in [0.15, 0.2) is 30.6 Å². The Balaban J connectivity index is 2.26. The van der Waals surface area contributed by atoms with Crippen LogP contribution in [0.3, 0.4) is 0 Å². The van der Waals surface area contributed by atoms with Gasteiger partial charge in [0, 0.05) is 30.4 Å². The number of hydrogen-bond donors (Lipinski definition) is 1. The third-order valence-corrected chi connectivity index (χ3v) is 2.95. The summed E-state index contributed by atoms with van der Waals surface area (Å²) in [5, 5.41) is 7.11. The van der Waals surface area contributed by atoms with Crippen LogP contribution in [0.4, 0.5) is 8.78 Å². The van der Waals surface area contributed by atoms with Crippen molar-refractivity contribution in [2.24, 2.45) is 7.05 Å². The smallest absolute Gasteiger partial charge is 0.129 e. The number of benzene rings is 1. The van der Waals surface area contributed by atoms with Crippen LogP contribution in [-0.4, -0.2) is 16.8 Å². The zero-order valence-corrected chi connectivity index (χ0v) is 10.3. The predicted molar refractivity (Wildman–Crippen MR) is 65.1 cm³/mol. The molecule has 0 amide bonds. The molecule has 1 atom stereocenters. The summed E-state index contributed by atoms with van der Waals surface area (Å²) in [6, 6.07) is 3.75. The van der Waals surface area contributed by atoms with E-state index in [0.29, 0.717) is 0 Å². The van der Waals surface area contributed by atoms with Gasteiger partial charge in [-0.1, -0.05) is 6.07 Å². The lowest BCUT2D eigenvalue weighted by Crippen LogP contribution is -2.19. The standard InChI is InChI=1S/C13H15F2N3/c1-16-13(9-7-17-18(2)8-9)6-10-11(14)4-3-5-12(10)15/h3-5,7-8,13,16H,6H2,1-2H3. The molecule has 1 aromatic carbocycles. The van der Waals surface area contributed by atoms with Gasteiger partial charge in [0.1, 0.15) is 11.6 Å². The highest BCUT2D eigenvalue weighted by molar-refractivity contribution is 5.23. The Labute approximate surface area is 104 Å². The molecule has 5 heteroatoms. The van der Waals surface area contributed by atoms with Gasteiger partial charge >= 0.3 is 0 Å². The molecular formula is C13H15F2N3. The molecule has 18 heavy (non-hydrogen) atoms. The van der Waals surface area contributed by atoms with Crippen molar-refractivity contribution < 1.29 is 8.78 Å². The van der Waals surface area contributed by atoms with Crippen LogP contribution >= 0.6 is 0 Å². The lowest BCUT2D eigenvalue weighted by Gasteiger charge is -2.15.